The minimum absolute atomic E-state index is 0.123. The highest BCUT2D eigenvalue weighted by molar-refractivity contribution is 7.89. The zero-order valence-electron chi connectivity index (χ0n) is 12.0. The number of nitrogens with two attached hydrogens (primary N) is 2. The predicted octanol–water partition coefficient (Wildman–Crippen LogP) is 0.391. The summed E-state index contributed by atoms with van der Waals surface area (Å²) in [4.78, 5) is 11.1. The van der Waals surface area contributed by atoms with Crippen LogP contribution in [0, 0.1) is 5.41 Å². The van der Waals surface area contributed by atoms with Crippen molar-refractivity contribution in [2.45, 2.75) is 18.7 Å². The number of carbonyl (C=O) groups excluding carboxylic acids is 1. The molecule has 1 rings (SSSR count). The third-order valence-corrected chi connectivity index (χ3v) is 4.87. The van der Waals surface area contributed by atoms with Crippen molar-refractivity contribution in [2.24, 2.45) is 16.9 Å². The summed E-state index contributed by atoms with van der Waals surface area (Å²) in [6.07, 6.45) is 0. The molecule has 1 aromatic rings. The third-order valence-electron chi connectivity index (χ3n) is 3.05. The van der Waals surface area contributed by atoms with Gasteiger partial charge in [0.05, 0.1) is 4.90 Å². The van der Waals surface area contributed by atoms with Crippen LogP contribution in [0.1, 0.15) is 24.2 Å². The second-order valence-corrected chi connectivity index (χ2v) is 7.56. The van der Waals surface area contributed by atoms with Gasteiger partial charge < -0.3 is 11.5 Å². The van der Waals surface area contributed by atoms with Gasteiger partial charge in [0, 0.05) is 19.2 Å². The number of primary amides is 1. The molecule has 20 heavy (non-hydrogen) atoms. The van der Waals surface area contributed by atoms with Gasteiger partial charge in [-0.2, -0.15) is 0 Å². The highest BCUT2D eigenvalue weighted by Crippen LogP contribution is 2.20. The van der Waals surface area contributed by atoms with Crippen LogP contribution >= 0.6 is 0 Å². The first-order chi connectivity index (χ1) is 9.10. The Balaban J connectivity index is 3.01. The van der Waals surface area contributed by atoms with Crippen LogP contribution in [0.2, 0.25) is 0 Å². The number of sulfonamides is 1. The summed E-state index contributed by atoms with van der Waals surface area (Å²) >= 11 is 0. The summed E-state index contributed by atoms with van der Waals surface area (Å²) in [6.45, 7) is 4.49. The summed E-state index contributed by atoms with van der Waals surface area (Å²) in [7, 11) is -2.09. The molecule has 0 aliphatic rings. The first-order valence-electron chi connectivity index (χ1n) is 6.16. The molecule has 0 aliphatic heterocycles. The van der Waals surface area contributed by atoms with Gasteiger partial charge in [0.25, 0.3) is 0 Å². The summed E-state index contributed by atoms with van der Waals surface area (Å²) < 4.78 is 26.0. The van der Waals surface area contributed by atoms with Crippen LogP contribution in [-0.4, -0.2) is 38.8 Å². The van der Waals surface area contributed by atoms with E-state index in [0.29, 0.717) is 13.1 Å². The molecule has 7 heteroatoms. The van der Waals surface area contributed by atoms with E-state index >= 15 is 0 Å². The molecule has 1 aromatic carbocycles. The average molecular weight is 299 g/mol. The fourth-order valence-electron chi connectivity index (χ4n) is 1.72. The van der Waals surface area contributed by atoms with Gasteiger partial charge in [-0.05, 0) is 36.2 Å². The van der Waals surface area contributed by atoms with Crippen molar-refractivity contribution in [3.63, 3.8) is 0 Å². The number of hydrogen-bond acceptors (Lipinski definition) is 4. The molecule has 0 heterocycles. The molecule has 0 aromatic heterocycles. The summed E-state index contributed by atoms with van der Waals surface area (Å²) in [5.41, 5.74) is 10.7. The molecule has 0 aliphatic carbocycles. The van der Waals surface area contributed by atoms with Crippen molar-refractivity contribution in [1.29, 1.82) is 0 Å². The Kier molecular flexibility index (Phi) is 4.90. The average Bonchev–Trinajstić information content (AvgIpc) is 2.38. The molecule has 0 fully saturated rings. The molecule has 1 amide bonds. The lowest BCUT2D eigenvalue weighted by Crippen LogP contribution is -2.39. The van der Waals surface area contributed by atoms with Crippen LogP contribution < -0.4 is 11.5 Å². The maximum Gasteiger partial charge on any atom is 0.248 e. The van der Waals surface area contributed by atoms with E-state index in [0.717, 1.165) is 0 Å². The monoisotopic (exact) mass is 299 g/mol. The predicted molar refractivity (Wildman–Crippen MR) is 77.6 cm³/mol. The summed E-state index contributed by atoms with van der Waals surface area (Å²) in [5.74, 6) is -0.591. The topological polar surface area (TPSA) is 106 Å². The highest BCUT2D eigenvalue weighted by atomic mass is 32.2. The third kappa shape index (κ3) is 3.78. The largest absolute Gasteiger partial charge is 0.366 e. The van der Waals surface area contributed by atoms with E-state index in [2.05, 4.69) is 0 Å². The van der Waals surface area contributed by atoms with E-state index in [1.54, 1.807) is 0 Å². The van der Waals surface area contributed by atoms with Crippen LogP contribution in [0.4, 0.5) is 0 Å². The van der Waals surface area contributed by atoms with Crippen molar-refractivity contribution in [2.75, 3.05) is 20.1 Å². The Labute approximate surface area is 119 Å². The van der Waals surface area contributed by atoms with E-state index in [1.165, 1.54) is 35.6 Å². The number of nitrogens with zero attached hydrogens (tertiary/aromatic N) is 1. The zero-order valence-corrected chi connectivity index (χ0v) is 12.8. The zero-order chi connectivity index (χ0) is 15.6. The first-order valence-corrected chi connectivity index (χ1v) is 7.60. The van der Waals surface area contributed by atoms with Crippen LogP contribution in [0.5, 0.6) is 0 Å². The van der Waals surface area contributed by atoms with Crippen LogP contribution in [0.15, 0.2) is 29.2 Å². The van der Waals surface area contributed by atoms with Crippen LogP contribution in [0.3, 0.4) is 0 Å². The highest BCUT2D eigenvalue weighted by Gasteiger charge is 2.27. The molecule has 0 saturated heterocycles. The van der Waals surface area contributed by atoms with Crippen molar-refractivity contribution in [3.8, 4) is 0 Å². The SMILES string of the molecule is CN(CC(C)(C)CN)S(=O)(=O)c1ccc(C(N)=O)cc1. The van der Waals surface area contributed by atoms with Gasteiger partial charge in [-0.1, -0.05) is 13.8 Å². The van der Waals surface area contributed by atoms with Crippen LogP contribution in [-0.2, 0) is 10.0 Å². The standard InChI is InChI=1S/C13H21N3O3S/c1-13(2,8-14)9-16(3)20(18,19)11-6-4-10(5-7-11)12(15)17/h4-7H,8-9,14H2,1-3H3,(H2,15,17). The van der Waals surface area contributed by atoms with Gasteiger partial charge in [-0.25, -0.2) is 12.7 Å². The molecular formula is C13H21N3O3S. The maximum absolute atomic E-state index is 12.4. The molecule has 0 atom stereocenters. The van der Waals surface area contributed by atoms with E-state index in [9.17, 15) is 13.2 Å². The first kappa shape index (κ1) is 16.6. The van der Waals surface area contributed by atoms with E-state index in [4.69, 9.17) is 11.5 Å². The number of amides is 1. The molecule has 0 radical (unpaired) electrons. The van der Waals surface area contributed by atoms with Crippen molar-refractivity contribution >= 4 is 15.9 Å². The quantitative estimate of drug-likeness (QED) is 0.792. The van der Waals surface area contributed by atoms with E-state index < -0.39 is 15.9 Å². The Hall–Kier alpha value is -1.44. The van der Waals surface area contributed by atoms with E-state index in [-0.39, 0.29) is 15.9 Å². The normalized spacial score (nSPS) is 12.7. The van der Waals surface area contributed by atoms with Crippen molar-refractivity contribution < 1.29 is 13.2 Å². The van der Waals surface area contributed by atoms with Crippen molar-refractivity contribution in [1.82, 2.24) is 4.31 Å². The lowest BCUT2D eigenvalue weighted by atomic mass is 9.94. The van der Waals surface area contributed by atoms with Gasteiger partial charge in [0.2, 0.25) is 15.9 Å². The van der Waals surface area contributed by atoms with Crippen molar-refractivity contribution in [3.05, 3.63) is 29.8 Å². The fraction of sp³-hybridized carbons (Fsp3) is 0.462. The van der Waals surface area contributed by atoms with Gasteiger partial charge >= 0.3 is 0 Å². The molecule has 4 N–H and O–H groups in total. The Morgan fingerprint density at radius 1 is 1.25 bits per heavy atom. The molecule has 112 valence electrons. The maximum atomic E-state index is 12.4. The molecular weight excluding hydrogens is 278 g/mol. The lowest BCUT2D eigenvalue weighted by Gasteiger charge is -2.28. The second kappa shape index (κ2) is 5.90. The number of benzene rings is 1. The second-order valence-electron chi connectivity index (χ2n) is 5.52. The minimum Gasteiger partial charge on any atom is -0.366 e. The Morgan fingerprint density at radius 2 is 1.75 bits per heavy atom. The fourth-order valence-corrected chi connectivity index (χ4v) is 3.08. The van der Waals surface area contributed by atoms with E-state index in [1.807, 2.05) is 13.8 Å². The molecule has 0 unspecified atom stereocenters. The molecule has 0 bridgehead atoms. The van der Waals surface area contributed by atoms with Gasteiger partial charge in [0.15, 0.2) is 0 Å². The Bertz CT molecular complexity index is 579. The molecule has 0 saturated carbocycles. The van der Waals surface area contributed by atoms with Gasteiger partial charge in [-0.3, -0.25) is 4.79 Å². The minimum atomic E-state index is -3.60. The smallest absolute Gasteiger partial charge is 0.248 e. The van der Waals surface area contributed by atoms with Gasteiger partial charge in [0.1, 0.15) is 0 Å². The number of carbonyl (C=O) groups is 1. The lowest BCUT2D eigenvalue weighted by molar-refractivity contribution is 0.1000. The number of hydrogen-bond donors (Lipinski definition) is 2. The Morgan fingerprint density at radius 3 is 2.15 bits per heavy atom. The molecule has 6 nitrogen and oxygen atoms in total. The molecule has 0 spiro atoms. The summed E-state index contributed by atoms with van der Waals surface area (Å²) in [5, 5.41) is 0. The van der Waals surface area contributed by atoms with Crippen LogP contribution in [0.25, 0.3) is 0 Å². The number of rotatable bonds is 6. The summed E-state index contributed by atoms with van der Waals surface area (Å²) in [6, 6.07) is 5.55. The van der Waals surface area contributed by atoms with Gasteiger partial charge in [-0.15, -0.1) is 0 Å².